The molecule has 3 N–H and O–H groups in total. The normalized spacial score (nSPS) is 22.9. The van der Waals surface area contributed by atoms with E-state index in [9.17, 15) is 32.0 Å². The second-order valence-electron chi connectivity index (χ2n) is 17.9. The number of ether oxygens (including phenoxy) is 2. The van der Waals surface area contributed by atoms with Crippen molar-refractivity contribution in [1.82, 2.24) is 24.5 Å². The minimum atomic E-state index is -4.37. The van der Waals surface area contributed by atoms with Gasteiger partial charge in [0.05, 0.1) is 23.5 Å². The fourth-order valence-electron chi connectivity index (χ4n) is 9.96. The molecule has 0 spiro atoms. The third kappa shape index (κ3) is 8.99. The number of carbonyl (C=O) groups is 4. The van der Waals surface area contributed by atoms with Crippen LogP contribution in [0.5, 0.6) is 5.75 Å². The van der Waals surface area contributed by atoms with E-state index >= 15 is 8.78 Å². The van der Waals surface area contributed by atoms with Crippen LogP contribution in [0.3, 0.4) is 0 Å². The summed E-state index contributed by atoms with van der Waals surface area (Å²) >= 11 is 0. The number of imide groups is 1. The van der Waals surface area contributed by atoms with Crippen molar-refractivity contribution in [3.05, 3.63) is 107 Å². The number of benzene rings is 3. The van der Waals surface area contributed by atoms with Crippen molar-refractivity contribution < 1.29 is 50.2 Å². The molecule has 15 nitrogen and oxygen atoms in total. The van der Waals surface area contributed by atoms with E-state index < -0.39 is 63.5 Å². The number of rotatable bonds is 12. The van der Waals surface area contributed by atoms with E-state index in [4.69, 9.17) is 9.47 Å². The molecule has 1 saturated carbocycles. The van der Waals surface area contributed by atoms with Crippen molar-refractivity contribution >= 4 is 56.1 Å². The average Bonchev–Trinajstić information content (AvgIpc) is 4.05. The number of piperidine rings is 2. The third-order valence-corrected chi connectivity index (χ3v) is 15.0. The first-order valence-corrected chi connectivity index (χ1v) is 24.1. The Balaban J connectivity index is 0.736. The van der Waals surface area contributed by atoms with Crippen LogP contribution in [-0.2, 0) is 31.1 Å². The first-order valence-electron chi connectivity index (χ1n) is 22.6. The van der Waals surface area contributed by atoms with Gasteiger partial charge in [0.15, 0.2) is 5.82 Å². The highest BCUT2D eigenvalue weighted by atomic mass is 32.2. The van der Waals surface area contributed by atoms with Gasteiger partial charge >= 0.3 is 10.2 Å². The van der Waals surface area contributed by atoms with Crippen molar-refractivity contribution in [3.63, 3.8) is 0 Å². The highest BCUT2D eigenvalue weighted by molar-refractivity contribution is 7.90. The van der Waals surface area contributed by atoms with Gasteiger partial charge in [0.1, 0.15) is 35.5 Å². The molecule has 4 atom stereocenters. The number of hydrogen-bond donors (Lipinski definition) is 3. The molecule has 4 aliphatic heterocycles. The van der Waals surface area contributed by atoms with Crippen molar-refractivity contribution in [1.29, 1.82) is 0 Å². The molecule has 2 aromatic heterocycles. The molecular weight excluding hydrogens is 892 g/mol. The zero-order chi connectivity index (χ0) is 46.6. The van der Waals surface area contributed by atoms with E-state index in [1.807, 2.05) is 47.2 Å². The van der Waals surface area contributed by atoms with Crippen LogP contribution < -0.4 is 19.7 Å². The molecule has 6 heterocycles. The lowest BCUT2D eigenvalue weighted by Gasteiger charge is -2.37. The highest BCUT2D eigenvalue weighted by Crippen LogP contribution is 2.35. The predicted molar refractivity (Wildman–Crippen MR) is 240 cm³/mol. The summed E-state index contributed by atoms with van der Waals surface area (Å²) in [6.07, 6.45) is 7.49. The van der Waals surface area contributed by atoms with Crippen LogP contribution >= 0.6 is 0 Å². The van der Waals surface area contributed by atoms with Gasteiger partial charge in [0.25, 0.3) is 5.91 Å². The lowest BCUT2D eigenvalue weighted by Crippen LogP contribution is -2.52. The maximum Gasteiger partial charge on any atom is 0.301 e. The number of aromatic amines is 1. The van der Waals surface area contributed by atoms with Gasteiger partial charge in [-0.25, -0.2) is 18.2 Å². The summed E-state index contributed by atoms with van der Waals surface area (Å²) in [5.41, 5.74) is 2.54. The predicted octanol–water partition coefficient (Wildman–Crippen LogP) is 6.58. The van der Waals surface area contributed by atoms with Gasteiger partial charge in [-0.15, -0.1) is 0 Å². The number of ketones is 1. The number of pyridine rings is 1. The Bertz CT molecular complexity index is 2890. The van der Waals surface area contributed by atoms with Gasteiger partial charge in [-0.3, -0.25) is 29.2 Å². The fraction of sp³-hybridized carbons (Fsp3) is 0.396. The van der Waals surface area contributed by atoms with E-state index in [0.29, 0.717) is 40.9 Å². The number of amides is 3. The molecule has 0 bridgehead atoms. The largest absolute Gasteiger partial charge is 0.490 e. The summed E-state index contributed by atoms with van der Waals surface area (Å²) in [5, 5.41) is 2.66. The van der Waals surface area contributed by atoms with E-state index in [-0.39, 0.29) is 55.1 Å². The van der Waals surface area contributed by atoms with Gasteiger partial charge in [0, 0.05) is 85.7 Å². The number of H-pyrrole nitrogens is 1. The van der Waals surface area contributed by atoms with Crippen molar-refractivity contribution in [3.8, 4) is 16.9 Å². The highest BCUT2D eigenvalue weighted by Gasteiger charge is 2.40. The van der Waals surface area contributed by atoms with Gasteiger partial charge in [-0.05, 0) is 105 Å². The van der Waals surface area contributed by atoms with E-state index in [1.165, 1.54) is 6.20 Å². The van der Waals surface area contributed by atoms with Crippen LogP contribution in [0.15, 0.2) is 73.1 Å². The summed E-state index contributed by atoms with van der Waals surface area (Å²) < 4.78 is 86.2. The SMILES string of the molecule is O=C1CCC(N2Cc3cc(N4CCC(O[C@H]5CCC[C@@H](Oc6ccc(-c7cnc8[nH]cc(C(=O)c9c(F)ccc(NS(=O)(=O)N%10CCC(F)C%10)c9F)c8c7)cc6)C5)CC4)ccc3C2=O)C(=O)N1. The topological polar surface area (TPSA) is 183 Å². The summed E-state index contributed by atoms with van der Waals surface area (Å²) in [6, 6.07) is 16.0. The number of nitrogens with zero attached hydrogens (tertiary/aromatic N) is 4. The first-order chi connectivity index (χ1) is 32.3. The number of nitrogens with one attached hydrogen (secondary N) is 3. The molecule has 0 radical (unpaired) electrons. The molecule has 5 aliphatic rings. The second kappa shape index (κ2) is 18.1. The molecule has 67 heavy (non-hydrogen) atoms. The Hall–Kier alpha value is -6.31. The van der Waals surface area contributed by atoms with Gasteiger partial charge in [0.2, 0.25) is 17.6 Å². The zero-order valence-electron chi connectivity index (χ0n) is 36.3. The summed E-state index contributed by atoms with van der Waals surface area (Å²) in [5.74, 6) is -3.83. The number of hydrogen-bond acceptors (Lipinski definition) is 10. The molecule has 10 rings (SSSR count). The number of aromatic nitrogens is 2. The van der Waals surface area contributed by atoms with Crippen molar-refractivity contribution in [2.75, 3.05) is 35.8 Å². The number of fused-ring (bicyclic) bond motifs is 2. The molecule has 3 amide bonds. The lowest BCUT2D eigenvalue weighted by molar-refractivity contribution is -0.136. The number of alkyl halides is 1. The summed E-state index contributed by atoms with van der Waals surface area (Å²) in [6.45, 7) is 1.45. The van der Waals surface area contributed by atoms with Crippen molar-refractivity contribution in [2.24, 2.45) is 0 Å². The monoisotopic (exact) mass is 939 g/mol. The molecule has 3 saturated heterocycles. The van der Waals surface area contributed by atoms with E-state index in [1.54, 1.807) is 17.2 Å². The minimum Gasteiger partial charge on any atom is -0.490 e. The third-order valence-electron chi connectivity index (χ3n) is 13.5. The van der Waals surface area contributed by atoms with Crippen LogP contribution in [0, 0.1) is 11.6 Å². The molecule has 4 fully saturated rings. The standard InChI is InChI=1S/C48H48F3N7O8S/c49-30-14-19-57(26-30)67(63,64)55-40-11-10-39(50)43(44(40)51)45(60)38-24-53-46-37(38)21-28(23-52-46)27-4-7-32(8-5-27)65-34-2-1-3-35(22-34)66-33-15-17-56(18-16-33)31-6-9-36-29(20-31)25-58(48(36)62)41-12-13-42(59)54-47(41)61/h4-11,20-21,23-24,30,33-35,41,55H,1-3,12-19,22,25-26H2,(H,52,53)(H,54,59,61)/t30?,34-,35+,41?/m1/s1. The fourth-order valence-corrected chi connectivity index (χ4v) is 11.2. The Morgan fingerprint density at radius 1 is 0.866 bits per heavy atom. The summed E-state index contributed by atoms with van der Waals surface area (Å²) in [4.78, 5) is 62.2. The van der Waals surface area contributed by atoms with E-state index in [2.05, 4.69) is 20.2 Å². The molecule has 350 valence electrons. The van der Waals surface area contributed by atoms with Crippen LogP contribution in [0.2, 0.25) is 0 Å². The molecule has 19 heteroatoms. The lowest BCUT2D eigenvalue weighted by atomic mass is 9.94. The maximum atomic E-state index is 15.8. The van der Waals surface area contributed by atoms with Crippen LogP contribution in [0.4, 0.5) is 24.5 Å². The Morgan fingerprint density at radius 3 is 2.42 bits per heavy atom. The average molecular weight is 940 g/mol. The molecule has 3 aromatic carbocycles. The molecule has 1 aliphatic carbocycles. The van der Waals surface area contributed by atoms with Crippen molar-refractivity contribution in [2.45, 2.75) is 94.9 Å². The van der Waals surface area contributed by atoms with Crippen LogP contribution in [0.25, 0.3) is 22.2 Å². The van der Waals surface area contributed by atoms with Crippen LogP contribution in [0.1, 0.15) is 89.6 Å². The Kier molecular flexibility index (Phi) is 12.0. The van der Waals surface area contributed by atoms with E-state index in [0.717, 1.165) is 84.9 Å². The van der Waals surface area contributed by atoms with Crippen LogP contribution in [-0.4, -0.2) is 108 Å². The zero-order valence-corrected chi connectivity index (χ0v) is 37.1. The minimum absolute atomic E-state index is 0.00335. The smallest absolute Gasteiger partial charge is 0.301 e. The quantitative estimate of drug-likeness (QED) is 0.0914. The Morgan fingerprint density at radius 2 is 1.66 bits per heavy atom. The van der Waals surface area contributed by atoms with Gasteiger partial charge in [-0.2, -0.15) is 12.7 Å². The summed E-state index contributed by atoms with van der Waals surface area (Å²) in [7, 11) is -4.37. The number of anilines is 2. The molecule has 5 aromatic rings. The second-order valence-corrected chi connectivity index (χ2v) is 19.6. The Labute approximate surface area is 384 Å². The number of carbonyl (C=O) groups excluding carboxylic acids is 4. The maximum absolute atomic E-state index is 15.8. The first kappa shape index (κ1) is 44.5. The number of halogens is 3. The molecular formula is C48H48F3N7O8S. The van der Waals surface area contributed by atoms with Gasteiger partial charge < -0.3 is 24.3 Å². The van der Waals surface area contributed by atoms with Gasteiger partial charge in [-0.1, -0.05) is 12.1 Å². The molecule has 2 unspecified atom stereocenters.